The van der Waals surface area contributed by atoms with Crippen LogP contribution < -0.4 is 9.80 Å². The molecule has 0 atom stereocenters. The second kappa shape index (κ2) is 15.6. The molecule has 2 heterocycles. The minimum atomic E-state index is 0.0438. The van der Waals surface area contributed by atoms with Gasteiger partial charge in [-0.2, -0.15) is 0 Å². The maximum atomic E-state index is 4.89. The van der Waals surface area contributed by atoms with Gasteiger partial charge in [-0.15, -0.1) is 0 Å². The minimum Gasteiger partial charge on any atom is -0.295 e. The molecule has 4 nitrogen and oxygen atoms in total. The molecule has 294 valence electrons. The van der Waals surface area contributed by atoms with E-state index in [0.717, 1.165) is 45.5 Å². The number of nitrogens with zero attached hydrogens (tertiary/aromatic N) is 4. The highest BCUT2D eigenvalue weighted by Gasteiger charge is 2.23. The predicted molar refractivity (Wildman–Crippen MR) is 255 cm³/mol. The smallest absolute Gasteiger partial charge is 0.137 e. The van der Waals surface area contributed by atoms with Gasteiger partial charge in [0.1, 0.15) is 11.6 Å². The van der Waals surface area contributed by atoms with Crippen LogP contribution in [-0.4, -0.2) is 9.97 Å². The molecule has 0 bridgehead atoms. The van der Waals surface area contributed by atoms with E-state index in [1.807, 2.05) is 24.5 Å². The van der Waals surface area contributed by atoms with Crippen molar-refractivity contribution in [2.24, 2.45) is 0 Å². The standard InChI is InChI=1S/C56H50N4/c1-55(2,3)41-23-27-43(28-24-41)59(51-21-13-15-35-57-51)45-31-33-47-49(37-45)53(39-17-9-7-10-18-39)48-34-32-46(38-50(48)54(47)40-19-11-8-12-20-40)60(52-22-14-16-36-58-52)44-29-25-42(26-30-44)56(4,5)6/h7-38H,1-6H3. The lowest BCUT2D eigenvalue weighted by molar-refractivity contribution is 0.590. The Balaban J connectivity index is 1.33. The summed E-state index contributed by atoms with van der Waals surface area (Å²) in [6.07, 6.45) is 3.74. The Morgan fingerprint density at radius 2 is 0.683 bits per heavy atom. The van der Waals surface area contributed by atoms with Crippen LogP contribution in [0.1, 0.15) is 52.7 Å². The van der Waals surface area contributed by atoms with E-state index in [1.54, 1.807) is 0 Å². The second-order valence-electron chi connectivity index (χ2n) is 17.6. The summed E-state index contributed by atoms with van der Waals surface area (Å²) in [5, 5.41) is 4.70. The highest BCUT2D eigenvalue weighted by Crippen LogP contribution is 2.48. The van der Waals surface area contributed by atoms with Crippen LogP contribution in [0.5, 0.6) is 0 Å². The zero-order valence-corrected chi connectivity index (χ0v) is 35.3. The maximum absolute atomic E-state index is 4.89. The first kappa shape index (κ1) is 38.5. The van der Waals surface area contributed by atoms with Crippen LogP contribution in [0.3, 0.4) is 0 Å². The largest absolute Gasteiger partial charge is 0.295 e. The Kier molecular flexibility index (Phi) is 10.0. The minimum absolute atomic E-state index is 0.0438. The molecule has 2 aromatic heterocycles. The quantitative estimate of drug-likeness (QED) is 0.144. The fourth-order valence-corrected chi connectivity index (χ4v) is 8.33. The average Bonchev–Trinajstić information content (AvgIpc) is 3.27. The Labute approximate surface area is 354 Å². The van der Waals surface area contributed by atoms with Gasteiger partial charge in [-0.25, -0.2) is 9.97 Å². The van der Waals surface area contributed by atoms with Crippen LogP contribution in [0, 0.1) is 0 Å². The van der Waals surface area contributed by atoms with Gasteiger partial charge >= 0.3 is 0 Å². The van der Waals surface area contributed by atoms with Crippen molar-refractivity contribution in [3.05, 3.63) is 206 Å². The highest BCUT2D eigenvalue weighted by molar-refractivity contribution is 6.22. The van der Waals surface area contributed by atoms with E-state index in [9.17, 15) is 0 Å². The molecule has 9 rings (SSSR count). The van der Waals surface area contributed by atoms with E-state index in [1.165, 1.54) is 43.8 Å². The average molecular weight is 779 g/mol. The Morgan fingerprint density at radius 1 is 0.333 bits per heavy atom. The molecule has 60 heavy (non-hydrogen) atoms. The molecule has 0 amide bonds. The predicted octanol–water partition coefficient (Wildman–Crippen LogP) is 15.7. The number of hydrogen-bond acceptors (Lipinski definition) is 4. The van der Waals surface area contributed by atoms with Crippen molar-refractivity contribution in [1.82, 2.24) is 9.97 Å². The molecule has 0 fully saturated rings. The molecule has 0 aliphatic heterocycles. The van der Waals surface area contributed by atoms with Crippen LogP contribution in [0.15, 0.2) is 194 Å². The first-order chi connectivity index (χ1) is 29.0. The van der Waals surface area contributed by atoms with E-state index < -0.39 is 0 Å². The summed E-state index contributed by atoms with van der Waals surface area (Å²) in [6.45, 7) is 13.5. The first-order valence-corrected chi connectivity index (χ1v) is 20.8. The number of aromatic nitrogens is 2. The van der Waals surface area contributed by atoms with Crippen molar-refractivity contribution in [2.75, 3.05) is 9.80 Å². The summed E-state index contributed by atoms with van der Waals surface area (Å²) in [5.41, 5.74) is 11.6. The van der Waals surface area contributed by atoms with Crippen molar-refractivity contribution < 1.29 is 0 Å². The van der Waals surface area contributed by atoms with E-state index >= 15 is 0 Å². The van der Waals surface area contributed by atoms with Crippen molar-refractivity contribution in [2.45, 2.75) is 52.4 Å². The van der Waals surface area contributed by atoms with Crippen molar-refractivity contribution in [3.63, 3.8) is 0 Å². The third kappa shape index (κ3) is 7.42. The molecule has 0 saturated heterocycles. The van der Waals surface area contributed by atoms with E-state index in [4.69, 9.17) is 9.97 Å². The van der Waals surface area contributed by atoms with E-state index in [0.29, 0.717) is 0 Å². The fourth-order valence-electron chi connectivity index (χ4n) is 8.33. The molecule has 7 aromatic carbocycles. The molecule has 0 unspecified atom stereocenters. The van der Waals surface area contributed by atoms with Crippen LogP contribution in [0.25, 0.3) is 43.8 Å². The third-order valence-electron chi connectivity index (χ3n) is 11.5. The van der Waals surface area contributed by atoms with Gasteiger partial charge < -0.3 is 0 Å². The topological polar surface area (TPSA) is 32.3 Å². The lowest BCUT2D eigenvalue weighted by Crippen LogP contribution is -2.14. The SMILES string of the molecule is CC(C)(C)c1ccc(N(c2ccc3c(-c4ccccc4)c4cc(N(c5ccc(C(C)(C)C)cc5)c5ccccn5)ccc4c(-c4ccccc4)c3c2)c2ccccn2)cc1. The number of fused-ring (bicyclic) bond motifs is 2. The second-order valence-corrected chi connectivity index (χ2v) is 17.6. The maximum Gasteiger partial charge on any atom is 0.137 e. The molecule has 0 aliphatic rings. The van der Waals surface area contributed by atoms with Crippen molar-refractivity contribution in [3.8, 4) is 22.3 Å². The van der Waals surface area contributed by atoms with Gasteiger partial charge in [-0.3, -0.25) is 9.80 Å². The van der Waals surface area contributed by atoms with Crippen molar-refractivity contribution >= 4 is 55.9 Å². The van der Waals surface area contributed by atoms with Gasteiger partial charge in [-0.05, 0) is 139 Å². The van der Waals surface area contributed by atoms with Gasteiger partial charge in [0.25, 0.3) is 0 Å². The zero-order valence-electron chi connectivity index (χ0n) is 35.3. The normalized spacial score (nSPS) is 11.8. The summed E-state index contributed by atoms with van der Waals surface area (Å²) in [4.78, 5) is 14.3. The van der Waals surface area contributed by atoms with E-state index in [-0.39, 0.29) is 10.8 Å². The number of rotatable bonds is 8. The van der Waals surface area contributed by atoms with Gasteiger partial charge in [-0.1, -0.05) is 151 Å². The summed E-state index contributed by atoms with van der Waals surface area (Å²) in [7, 11) is 0. The number of benzene rings is 7. The lowest BCUT2D eigenvalue weighted by Gasteiger charge is -2.28. The number of hydrogen-bond donors (Lipinski definition) is 0. The van der Waals surface area contributed by atoms with Crippen LogP contribution in [-0.2, 0) is 10.8 Å². The summed E-state index contributed by atoms with van der Waals surface area (Å²) in [6, 6.07) is 65.6. The molecule has 4 heteroatoms. The third-order valence-corrected chi connectivity index (χ3v) is 11.5. The Hall–Kier alpha value is -7.04. The summed E-state index contributed by atoms with van der Waals surface area (Å²) >= 11 is 0. The van der Waals surface area contributed by atoms with E-state index in [2.05, 4.69) is 221 Å². The summed E-state index contributed by atoms with van der Waals surface area (Å²) in [5.74, 6) is 1.72. The lowest BCUT2D eigenvalue weighted by atomic mass is 9.85. The van der Waals surface area contributed by atoms with Crippen LogP contribution >= 0.6 is 0 Å². The van der Waals surface area contributed by atoms with Gasteiger partial charge in [0.05, 0.1) is 0 Å². The first-order valence-electron chi connectivity index (χ1n) is 20.8. The molecule has 0 saturated carbocycles. The van der Waals surface area contributed by atoms with Gasteiger partial charge in [0.2, 0.25) is 0 Å². The molecule has 0 spiro atoms. The Morgan fingerprint density at radius 3 is 1.02 bits per heavy atom. The monoisotopic (exact) mass is 778 g/mol. The molecule has 0 aliphatic carbocycles. The molecule has 0 N–H and O–H groups in total. The fraction of sp³-hybridized carbons (Fsp3) is 0.143. The molecule has 9 aromatic rings. The van der Waals surface area contributed by atoms with Crippen molar-refractivity contribution in [1.29, 1.82) is 0 Å². The van der Waals surface area contributed by atoms with Crippen LogP contribution in [0.2, 0.25) is 0 Å². The molecular weight excluding hydrogens is 729 g/mol. The number of anilines is 6. The Bertz CT molecular complexity index is 2690. The zero-order chi connectivity index (χ0) is 41.4. The van der Waals surface area contributed by atoms with Gasteiger partial charge in [0.15, 0.2) is 0 Å². The van der Waals surface area contributed by atoms with Crippen LogP contribution in [0.4, 0.5) is 34.4 Å². The summed E-state index contributed by atoms with van der Waals surface area (Å²) < 4.78 is 0. The molecule has 0 radical (unpaired) electrons. The number of pyridine rings is 2. The van der Waals surface area contributed by atoms with Gasteiger partial charge in [0, 0.05) is 35.1 Å². The highest BCUT2D eigenvalue weighted by atomic mass is 15.2. The molecular formula is C56H50N4.